The number of aliphatic hydroxyl groups is 1. The number of rotatable bonds is 4. The van der Waals surface area contributed by atoms with E-state index in [4.69, 9.17) is 0 Å². The van der Waals surface area contributed by atoms with Crippen molar-refractivity contribution in [1.29, 1.82) is 0 Å². The maximum atomic E-state index is 9.72. The van der Waals surface area contributed by atoms with Gasteiger partial charge in [-0.2, -0.15) is 0 Å². The number of hydrogen-bond acceptors (Lipinski definition) is 3. The number of fused-ring (bicyclic) bond motifs is 1. The van der Waals surface area contributed by atoms with E-state index >= 15 is 0 Å². The summed E-state index contributed by atoms with van der Waals surface area (Å²) < 4.78 is 0. The van der Waals surface area contributed by atoms with Crippen LogP contribution < -0.4 is 10.6 Å². The lowest BCUT2D eigenvalue weighted by molar-refractivity contribution is 0.146. The van der Waals surface area contributed by atoms with E-state index in [0.717, 1.165) is 26.2 Å². The molecule has 3 nitrogen and oxygen atoms in total. The summed E-state index contributed by atoms with van der Waals surface area (Å²) in [5.74, 6) is 0.334. The van der Waals surface area contributed by atoms with Crippen LogP contribution in [0.3, 0.4) is 0 Å². The van der Waals surface area contributed by atoms with Crippen molar-refractivity contribution in [2.45, 2.75) is 12.6 Å². The Morgan fingerprint density at radius 3 is 2.74 bits per heavy atom. The fraction of sp³-hybridized carbons (Fsp3) is 0.375. The van der Waals surface area contributed by atoms with Gasteiger partial charge in [0.1, 0.15) is 0 Å². The van der Waals surface area contributed by atoms with Crippen LogP contribution in [-0.2, 0) is 6.54 Å². The van der Waals surface area contributed by atoms with Crippen LogP contribution in [0.4, 0.5) is 0 Å². The highest BCUT2D eigenvalue weighted by Crippen LogP contribution is 2.15. The first-order chi connectivity index (χ1) is 9.33. The Bertz CT molecular complexity index is 555. The number of aliphatic hydroxyl groups excluding tert-OH is 1. The van der Waals surface area contributed by atoms with Crippen molar-refractivity contribution in [3.05, 3.63) is 48.0 Å². The molecule has 0 radical (unpaired) electrons. The second-order valence-electron chi connectivity index (χ2n) is 5.30. The Hall–Kier alpha value is -1.42. The van der Waals surface area contributed by atoms with Gasteiger partial charge in [0.25, 0.3) is 0 Å². The number of benzene rings is 2. The van der Waals surface area contributed by atoms with E-state index in [9.17, 15) is 5.11 Å². The van der Waals surface area contributed by atoms with Gasteiger partial charge in [-0.05, 0) is 22.4 Å². The van der Waals surface area contributed by atoms with E-state index in [0.29, 0.717) is 5.92 Å². The van der Waals surface area contributed by atoms with E-state index < -0.39 is 0 Å². The predicted molar refractivity (Wildman–Crippen MR) is 78.0 cm³/mol. The molecule has 0 aromatic heterocycles. The van der Waals surface area contributed by atoms with E-state index in [-0.39, 0.29) is 6.10 Å². The van der Waals surface area contributed by atoms with Gasteiger partial charge in [0, 0.05) is 32.1 Å². The highest BCUT2D eigenvalue weighted by molar-refractivity contribution is 5.82. The van der Waals surface area contributed by atoms with Crippen molar-refractivity contribution in [2.75, 3.05) is 19.6 Å². The highest BCUT2D eigenvalue weighted by atomic mass is 16.3. The molecule has 0 spiro atoms. The number of hydrogen-bond donors (Lipinski definition) is 3. The summed E-state index contributed by atoms with van der Waals surface area (Å²) >= 11 is 0. The Morgan fingerprint density at radius 2 is 1.95 bits per heavy atom. The summed E-state index contributed by atoms with van der Waals surface area (Å²) in [4.78, 5) is 0. The molecule has 1 saturated heterocycles. The van der Waals surface area contributed by atoms with Crippen molar-refractivity contribution >= 4 is 10.8 Å². The zero-order valence-corrected chi connectivity index (χ0v) is 11.0. The third-order valence-electron chi connectivity index (χ3n) is 3.85. The monoisotopic (exact) mass is 256 g/mol. The Kier molecular flexibility index (Phi) is 3.78. The SMILES string of the molecule is OC1CNCC1CNCc1ccc2ccccc2c1. The minimum atomic E-state index is -0.205. The zero-order chi connectivity index (χ0) is 13.1. The average Bonchev–Trinajstić information content (AvgIpc) is 2.84. The summed E-state index contributed by atoms with van der Waals surface area (Å²) in [5, 5.41) is 18.9. The molecule has 0 bridgehead atoms. The quantitative estimate of drug-likeness (QED) is 0.777. The van der Waals surface area contributed by atoms with Gasteiger partial charge < -0.3 is 15.7 Å². The van der Waals surface area contributed by atoms with E-state index in [1.807, 2.05) is 0 Å². The molecular formula is C16H20N2O. The van der Waals surface area contributed by atoms with Crippen LogP contribution in [0.25, 0.3) is 10.8 Å². The average molecular weight is 256 g/mol. The second kappa shape index (κ2) is 5.70. The molecule has 2 aromatic rings. The minimum absolute atomic E-state index is 0.205. The van der Waals surface area contributed by atoms with Crippen LogP contribution in [0.2, 0.25) is 0 Å². The molecular weight excluding hydrogens is 236 g/mol. The van der Waals surface area contributed by atoms with Gasteiger partial charge >= 0.3 is 0 Å². The molecule has 100 valence electrons. The van der Waals surface area contributed by atoms with Gasteiger partial charge in [-0.15, -0.1) is 0 Å². The number of nitrogens with one attached hydrogen (secondary N) is 2. The minimum Gasteiger partial charge on any atom is -0.391 e. The maximum absolute atomic E-state index is 9.72. The maximum Gasteiger partial charge on any atom is 0.0716 e. The fourth-order valence-electron chi connectivity index (χ4n) is 2.68. The Balaban J connectivity index is 1.59. The van der Waals surface area contributed by atoms with Gasteiger partial charge in [0.05, 0.1) is 6.10 Å². The normalized spacial score (nSPS) is 23.0. The lowest BCUT2D eigenvalue weighted by atomic mass is 10.1. The summed E-state index contributed by atoms with van der Waals surface area (Å²) in [5.41, 5.74) is 1.29. The van der Waals surface area contributed by atoms with Crippen molar-refractivity contribution in [3.8, 4) is 0 Å². The third kappa shape index (κ3) is 2.95. The van der Waals surface area contributed by atoms with Gasteiger partial charge in [0.2, 0.25) is 0 Å². The molecule has 2 atom stereocenters. The molecule has 0 amide bonds. The summed E-state index contributed by atoms with van der Waals surface area (Å²) in [6, 6.07) is 15.0. The molecule has 3 heteroatoms. The first kappa shape index (κ1) is 12.6. The van der Waals surface area contributed by atoms with Crippen molar-refractivity contribution in [2.24, 2.45) is 5.92 Å². The molecule has 1 aliphatic heterocycles. The molecule has 0 saturated carbocycles. The molecule has 3 rings (SSSR count). The van der Waals surface area contributed by atoms with E-state index in [1.165, 1.54) is 16.3 Å². The standard InChI is InChI=1S/C16H20N2O/c19-16-11-18-10-15(16)9-17-8-12-5-6-13-3-1-2-4-14(13)7-12/h1-7,15-19H,8-11H2. The second-order valence-corrected chi connectivity index (χ2v) is 5.30. The molecule has 1 aliphatic rings. The first-order valence-corrected chi connectivity index (χ1v) is 6.90. The summed E-state index contributed by atoms with van der Waals surface area (Å²) in [6.45, 7) is 3.35. The summed E-state index contributed by atoms with van der Waals surface area (Å²) in [7, 11) is 0. The van der Waals surface area contributed by atoms with Gasteiger partial charge in [0.15, 0.2) is 0 Å². The van der Waals surface area contributed by atoms with Gasteiger partial charge in [-0.25, -0.2) is 0 Å². The van der Waals surface area contributed by atoms with Gasteiger partial charge in [-0.1, -0.05) is 36.4 Å². The Labute approximate surface area is 113 Å². The molecule has 1 fully saturated rings. The zero-order valence-electron chi connectivity index (χ0n) is 11.0. The first-order valence-electron chi connectivity index (χ1n) is 6.90. The molecule has 2 unspecified atom stereocenters. The van der Waals surface area contributed by atoms with E-state index in [1.54, 1.807) is 0 Å². The van der Waals surface area contributed by atoms with Crippen molar-refractivity contribution in [3.63, 3.8) is 0 Å². The largest absolute Gasteiger partial charge is 0.391 e. The lowest BCUT2D eigenvalue weighted by Gasteiger charge is -2.14. The van der Waals surface area contributed by atoms with Crippen LogP contribution in [0.1, 0.15) is 5.56 Å². The Morgan fingerprint density at radius 1 is 1.11 bits per heavy atom. The third-order valence-corrected chi connectivity index (χ3v) is 3.85. The lowest BCUT2D eigenvalue weighted by Crippen LogP contribution is -2.30. The predicted octanol–water partition coefficient (Wildman–Crippen LogP) is 1.51. The molecule has 19 heavy (non-hydrogen) atoms. The molecule has 0 aliphatic carbocycles. The molecule has 2 aromatic carbocycles. The van der Waals surface area contributed by atoms with Crippen LogP contribution in [-0.4, -0.2) is 30.8 Å². The molecule has 1 heterocycles. The van der Waals surface area contributed by atoms with Crippen LogP contribution in [0, 0.1) is 5.92 Å². The fourth-order valence-corrected chi connectivity index (χ4v) is 2.68. The van der Waals surface area contributed by atoms with Crippen LogP contribution >= 0.6 is 0 Å². The summed E-state index contributed by atoms with van der Waals surface area (Å²) in [6.07, 6.45) is -0.205. The topological polar surface area (TPSA) is 44.3 Å². The smallest absolute Gasteiger partial charge is 0.0716 e. The highest BCUT2D eigenvalue weighted by Gasteiger charge is 2.23. The number of β-amino-alcohol motifs (C(OH)–C–C–N with tert-alkyl or cyclic N) is 1. The van der Waals surface area contributed by atoms with E-state index in [2.05, 4.69) is 53.1 Å². The van der Waals surface area contributed by atoms with Crippen molar-refractivity contribution < 1.29 is 5.11 Å². The van der Waals surface area contributed by atoms with Gasteiger partial charge in [-0.3, -0.25) is 0 Å². The molecule has 3 N–H and O–H groups in total. The van der Waals surface area contributed by atoms with Crippen molar-refractivity contribution in [1.82, 2.24) is 10.6 Å². The van der Waals surface area contributed by atoms with Crippen LogP contribution in [0.15, 0.2) is 42.5 Å². The van der Waals surface area contributed by atoms with Crippen LogP contribution in [0.5, 0.6) is 0 Å².